The van der Waals surface area contributed by atoms with E-state index in [-0.39, 0.29) is 27.4 Å². The fourth-order valence-corrected chi connectivity index (χ4v) is 3.62. The smallest absolute Gasteiger partial charge is 0.261 e. The first-order chi connectivity index (χ1) is 13.7. The molecule has 0 unspecified atom stereocenters. The van der Waals surface area contributed by atoms with Crippen LogP contribution in [-0.4, -0.2) is 14.3 Å². The van der Waals surface area contributed by atoms with E-state index < -0.39 is 33.4 Å². The molecule has 0 atom stereocenters. The SMILES string of the molecule is Cc1cc(S(=O)(=O)Nc2ccc(C(=O)Nc3ccc(F)cc3F)cc2)ccc1F. The van der Waals surface area contributed by atoms with Crippen LogP contribution in [-0.2, 0) is 10.0 Å². The predicted octanol–water partition coefficient (Wildman–Crippen LogP) is 4.47. The van der Waals surface area contributed by atoms with Crippen molar-refractivity contribution < 1.29 is 26.4 Å². The molecule has 9 heteroatoms. The zero-order chi connectivity index (χ0) is 21.2. The van der Waals surface area contributed by atoms with E-state index in [1.165, 1.54) is 37.3 Å². The normalized spacial score (nSPS) is 11.2. The van der Waals surface area contributed by atoms with E-state index in [9.17, 15) is 26.4 Å². The molecule has 0 fully saturated rings. The fourth-order valence-electron chi connectivity index (χ4n) is 2.47. The summed E-state index contributed by atoms with van der Waals surface area (Å²) in [7, 11) is -3.95. The number of sulfonamides is 1. The van der Waals surface area contributed by atoms with Crippen molar-refractivity contribution in [2.45, 2.75) is 11.8 Å². The maximum absolute atomic E-state index is 13.6. The molecule has 0 radical (unpaired) electrons. The summed E-state index contributed by atoms with van der Waals surface area (Å²) in [5.74, 6) is -2.86. The molecule has 3 aromatic carbocycles. The minimum atomic E-state index is -3.95. The van der Waals surface area contributed by atoms with Crippen molar-refractivity contribution in [1.82, 2.24) is 0 Å². The summed E-state index contributed by atoms with van der Waals surface area (Å²) in [6, 6.07) is 11.5. The second kappa shape index (κ2) is 7.96. The highest BCUT2D eigenvalue weighted by molar-refractivity contribution is 7.92. The van der Waals surface area contributed by atoms with Gasteiger partial charge in [-0.3, -0.25) is 9.52 Å². The highest BCUT2D eigenvalue weighted by atomic mass is 32.2. The summed E-state index contributed by atoms with van der Waals surface area (Å²) in [6.07, 6.45) is 0. The van der Waals surface area contributed by atoms with Gasteiger partial charge in [0.2, 0.25) is 0 Å². The van der Waals surface area contributed by atoms with Crippen LogP contribution in [0.2, 0.25) is 0 Å². The van der Waals surface area contributed by atoms with Crippen molar-refractivity contribution in [3.8, 4) is 0 Å². The molecule has 0 aromatic heterocycles. The average Bonchev–Trinajstić information content (AvgIpc) is 2.66. The molecule has 0 saturated heterocycles. The largest absolute Gasteiger partial charge is 0.319 e. The molecule has 0 heterocycles. The summed E-state index contributed by atoms with van der Waals surface area (Å²) < 4.78 is 67.0. The van der Waals surface area contributed by atoms with Crippen LogP contribution in [0.5, 0.6) is 0 Å². The molecule has 0 saturated carbocycles. The third-order valence-corrected chi connectivity index (χ3v) is 5.40. The Kier molecular flexibility index (Phi) is 5.60. The Morgan fingerprint density at radius 3 is 2.17 bits per heavy atom. The molecule has 5 nitrogen and oxygen atoms in total. The van der Waals surface area contributed by atoms with Crippen LogP contribution in [0.1, 0.15) is 15.9 Å². The number of benzene rings is 3. The number of carbonyl (C=O) groups is 1. The van der Waals surface area contributed by atoms with E-state index in [0.29, 0.717) is 6.07 Å². The maximum atomic E-state index is 13.6. The summed E-state index contributed by atoms with van der Waals surface area (Å²) in [5.41, 5.74) is 0.312. The van der Waals surface area contributed by atoms with E-state index in [1.807, 2.05) is 0 Å². The first kappa shape index (κ1) is 20.4. The first-order valence-corrected chi connectivity index (χ1v) is 9.79. The van der Waals surface area contributed by atoms with Gasteiger partial charge in [0.1, 0.15) is 17.5 Å². The summed E-state index contributed by atoms with van der Waals surface area (Å²) in [4.78, 5) is 12.1. The van der Waals surface area contributed by atoms with Crippen molar-refractivity contribution in [2.75, 3.05) is 10.0 Å². The number of hydrogen-bond acceptors (Lipinski definition) is 3. The molecular formula is C20H15F3N2O3S. The Hall–Kier alpha value is -3.33. The molecule has 0 aliphatic rings. The molecule has 0 aliphatic heterocycles. The van der Waals surface area contributed by atoms with E-state index in [2.05, 4.69) is 10.0 Å². The molecule has 0 bridgehead atoms. The third kappa shape index (κ3) is 4.75. The van der Waals surface area contributed by atoms with Crippen LogP contribution in [0.4, 0.5) is 24.5 Å². The molecule has 2 N–H and O–H groups in total. The molecule has 29 heavy (non-hydrogen) atoms. The lowest BCUT2D eigenvalue weighted by Gasteiger charge is -2.10. The number of rotatable bonds is 5. The van der Waals surface area contributed by atoms with Crippen molar-refractivity contribution in [3.63, 3.8) is 0 Å². The third-order valence-electron chi connectivity index (χ3n) is 4.02. The van der Waals surface area contributed by atoms with Crippen LogP contribution in [0, 0.1) is 24.4 Å². The molecule has 1 amide bonds. The summed E-state index contributed by atoms with van der Waals surface area (Å²) >= 11 is 0. The second-order valence-corrected chi connectivity index (χ2v) is 7.85. The Morgan fingerprint density at radius 1 is 0.862 bits per heavy atom. The Labute approximate surface area is 165 Å². The van der Waals surface area contributed by atoms with Crippen LogP contribution in [0.3, 0.4) is 0 Å². The van der Waals surface area contributed by atoms with Crippen LogP contribution in [0.15, 0.2) is 65.6 Å². The topological polar surface area (TPSA) is 75.3 Å². The van der Waals surface area contributed by atoms with Gasteiger partial charge in [0.05, 0.1) is 10.6 Å². The number of hydrogen-bond donors (Lipinski definition) is 2. The fraction of sp³-hybridized carbons (Fsp3) is 0.0500. The number of aryl methyl sites for hydroxylation is 1. The van der Waals surface area contributed by atoms with Gasteiger partial charge in [0, 0.05) is 17.3 Å². The quantitative estimate of drug-likeness (QED) is 0.640. The Balaban J connectivity index is 1.74. The molecule has 3 aromatic rings. The van der Waals surface area contributed by atoms with Crippen LogP contribution in [0.25, 0.3) is 0 Å². The van der Waals surface area contributed by atoms with Gasteiger partial charge in [-0.15, -0.1) is 0 Å². The Bertz CT molecular complexity index is 1180. The lowest BCUT2D eigenvalue weighted by atomic mass is 10.2. The zero-order valence-electron chi connectivity index (χ0n) is 15.0. The Morgan fingerprint density at radius 2 is 1.55 bits per heavy atom. The predicted molar refractivity (Wildman–Crippen MR) is 103 cm³/mol. The van der Waals surface area contributed by atoms with Gasteiger partial charge in [0.15, 0.2) is 0 Å². The number of halogens is 3. The van der Waals surface area contributed by atoms with Crippen molar-refractivity contribution >= 4 is 27.3 Å². The summed E-state index contributed by atoms with van der Waals surface area (Å²) in [6.45, 7) is 1.45. The maximum Gasteiger partial charge on any atom is 0.261 e. The van der Waals surface area contributed by atoms with Gasteiger partial charge in [0.25, 0.3) is 15.9 Å². The lowest BCUT2D eigenvalue weighted by molar-refractivity contribution is 0.102. The van der Waals surface area contributed by atoms with Crippen molar-refractivity contribution in [3.05, 3.63) is 89.2 Å². The zero-order valence-corrected chi connectivity index (χ0v) is 15.9. The highest BCUT2D eigenvalue weighted by Crippen LogP contribution is 2.20. The summed E-state index contributed by atoms with van der Waals surface area (Å²) in [5, 5.41) is 2.30. The van der Waals surface area contributed by atoms with Crippen molar-refractivity contribution in [2.24, 2.45) is 0 Å². The van der Waals surface area contributed by atoms with Gasteiger partial charge in [-0.1, -0.05) is 0 Å². The monoisotopic (exact) mass is 420 g/mol. The van der Waals surface area contributed by atoms with E-state index in [4.69, 9.17) is 0 Å². The van der Waals surface area contributed by atoms with Crippen molar-refractivity contribution in [1.29, 1.82) is 0 Å². The average molecular weight is 420 g/mol. The van der Waals surface area contributed by atoms with Gasteiger partial charge < -0.3 is 5.32 Å². The van der Waals surface area contributed by atoms with Gasteiger partial charge >= 0.3 is 0 Å². The van der Waals surface area contributed by atoms with Gasteiger partial charge in [-0.05, 0) is 67.1 Å². The molecule has 0 spiro atoms. The molecule has 3 rings (SSSR count). The highest BCUT2D eigenvalue weighted by Gasteiger charge is 2.16. The standard InChI is InChI=1S/C20H15F3N2O3S/c1-12-10-16(7-8-17(12)22)29(27,28)25-15-5-2-13(3-6-15)20(26)24-19-9-4-14(21)11-18(19)23/h2-11,25H,1H3,(H,24,26). The number of carbonyl (C=O) groups excluding carboxylic acids is 1. The van der Waals surface area contributed by atoms with E-state index in [0.717, 1.165) is 24.3 Å². The molecule has 0 aliphatic carbocycles. The minimum Gasteiger partial charge on any atom is -0.319 e. The number of amides is 1. The first-order valence-electron chi connectivity index (χ1n) is 8.31. The molecule has 150 valence electrons. The van der Waals surface area contributed by atoms with Gasteiger partial charge in [-0.2, -0.15) is 0 Å². The van der Waals surface area contributed by atoms with Gasteiger partial charge in [-0.25, -0.2) is 21.6 Å². The van der Waals surface area contributed by atoms with E-state index in [1.54, 1.807) is 0 Å². The number of anilines is 2. The second-order valence-electron chi connectivity index (χ2n) is 6.17. The molecular weight excluding hydrogens is 405 g/mol. The lowest BCUT2D eigenvalue weighted by Crippen LogP contribution is -2.15. The van der Waals surface area contributed by atoms with Crippen LogP contribution >= 0.6 is 0 Å². The van der Waals surface area contributed by atoms with E-state index >= 15 is 0 Å². The number of nitrogens with one attached hydrogen (secondary N) is 2. The minimum absolute atomic E-state index is 0.106. The van der Waals surface area contributed by atoms with Crippen LogP contribution < -0.4 is 10.0 Å².